The summed E-state index contributed by atoms with van der Waals surface area (Å²) in [5.74, 6) is 0.827. The molecule has 0 aliphatic heterocycles. The van der Waals surface area contributed by atoms with Crippen LogP contribution in [0.2, 0.25) is 0 Å². The summed E-state index contributed by atoms with van der Waals surface area (Å²) < 4.78 is 7.19. The van der Waals surface area contributed by atoms with Gasteiger partial charge in [-0.3, -0.25) is 4.57 Å². The number of fused-ring (bicyclic) bond motifs is 14. The monoisotopic (exact) mass is 699 g/mol. The van der Waals surface area contributed by atoms with E-state index >= 15 is 0 Å². The predicted octanol–water partition coefficient (Wildman–Crippen LogP) is 12.6. The first kappa shape index (κ1) is 29.0. The van der Waals surface area contributed by atoms with Gasteiger partial charge in [0.1, 0.15) is 5.69 Å². The fraction of sp³-hybridized carbons (Fsp3) is 0. The quantitative estimate of drug-likeness (QED) is 0.184. The molecule has 55 heavy (non-hydrogen) atoms. The molecule has 5 nitrogen and oxygen atoms in total. The van der Waals surface area contributed by atoms with Crippen LogP contribution >= 0.6 is 0 Å². The van der Waals surface area contributed by atoms with Gasteiger partial charge in [0.05, 0.1) is 38.6 Å². The number of nitrogens with zero attached hydrogens (tertiary/aromatic N) is 5. The average molecular weight is 700 g/mol. The SMILES string of the molecule is c1ccc(-n2c3ccccc3c3ccc(-c4nnc(-n5c6ccccc6c6cc7c8ccccc8n8c9ccccc9c(c65)c78)c5ccccc45)cc32)cc1. The van der Waals surface area contributed by atoms with Crippen LogP contribution in [0.15, 0.2) is 176 Å². The summed E-state index contributed by atoms with van der Waals surface area (Å²) in [7, 11) is 0. The van der Waals surface area contributed by atoms with E-state index in [1.165, 1.54) is 65.2 Å². The van der Waals surface area contributed by atoms with Crippen LogP contribution in [-0.2, 0) is 0 Å². The van der Waals surface area contributed by atoms with E-state index in [2.05, 4.69) is 189 Å². The molecule has 0 radical (unpaired) electrons. The molecule has 13 aromatic rings. The van der Waals surface area contributed by atoms with Crippen molar-refractivity contribution in [3.63, 3.8) is 0 Å². The van der Waals surface area contributed by atoms with Gasteiger partial charge >= 0.3 is 0 Å². The summed E-state index contributed by atoms with van der Waals surface area (Å²) in [5, 5.41) is 22.3. The third-order valence-electron chi connectivity index (χ3n) is 11.8. The third kappa shape index (κ3) is 3.71. The van der Waals surface area contributed by atoms with Gasteiger partial charge in [-0.2, -0.15) is 0 Å². The van der Waals surface area contributed by atoms with Crippen molar-refractivity contribution in [2.45, 2.75) is 0 Å². The number of aromatic nitrogens is 5. The lowest BCUT2D eigenvalue weighted by molar-refractivity contribution is 0.978. The molecule has 0 saturated heterocycles. The predicted molar refractivity (Wildman–Crippen MR) is 228 cm³/mol. The Bertz CT molecular complexity index is 3720. The molecule has 254 valence electrons. The number of para-hydroxylation sites is 5. The highest BCUT2D eigenvalue weighted by Crippen LogP contribution is 2.47. The van der Waals surface area contributed by atoms with Crippen molar-refractivity contribution < 1.29 is 0 Å². The van der Waals surface area contributed by atoms with Crippen LogP contribution in [0, 0.1) is 0 Å². The van der Waals surface area contributed by atoms with Crippen molar-refractivity contribution in [1.82, 2.24) is 23.7 Å². The zero-order chi connectivity index (χ0) is 35.8. The van der Waals surface area contributed by atoms with Crippen LogP contribution in [0.25, 0.3) is 115 Å². The Morgan fingerprint density at radius 1 is 0.327 bits per heavy atom. The van der Waals surface area contributed by atoms with Gasteiger partial charge in [-0.15, -0.1) is 10.2 Å². The Hall–Kier alpha value is -7.50. The zero-order valence-corrected chi connectivity index (χ0v) is 29.5. The summed E-state index contributed by atoms with van der Waals surface area (Å²) in [6.07, 6.45) is 0. The highest BCUT2D eigenvalue weighted by Gasteiger charge is 2.26. The van der Waals surface area contributed by atoms with Crippen LogP contribution in [0.5, 0.6) is 0 Å². The second-order valence-electron chi connectivity index (χ2n) is 14.6. The van der Waals surface area contributed by atoms with Gasteiger partial charge in [0.2, 0.25) is 0 Å². The van der Waals surface area contributed by atoms with Crippen molar-refractivity contribution in [3.05, 3.63) is 176 Å². The molecule has 0 fully saturated rings. The lowest BCUT2D eigenvalue weighted by Gasteiger charge is -2.14. The van der Waals surface area contributed by atoms with Crippen molar-refractivity contribution in [2.75, 3.05) is 0 Å². The molecule has 13 rings (SSSR count). The summed E-state index contributed by atoms with van der Waals surface area (Å²) in [4.78, 5) is 0. The lowest BCUT2D eigenvalue weighted by atomic mass is 10.0. The number of hydrogen-bond donors (Lipinski definition) is 0. The molecule has 0 N–H and O–H groups in total. The number of rotatable bonds is 3. The minimum Gasteiger partial charge on any atom is -0.309 e. The summed E-state index contributed by atoms with van der Waals surface area (Å²) in [6, 6.07) is 63.4. The maximum atomic E-state index is 5.20. The highest BCUT2D eigenvalue weighted by atomic mass is 15.2. The van der Waals surface area contributed by atoms with E-state index < -0.39 is 0 Å². The van der Waals surface area contributed by atoms with Crippen LogP contribution in [0.4, 0.5) is 0 Å². The van der Waals surface area contributed by atoms with Gasteiger partial charge in [-0.1, -0.05) is 127 Å². The Kier molecular flexibility index (Phi) is 5.57. The van der Waals surface area contributed by atoms with Gasteiger partial charge in [0, 0.05) is 65.1 Å². The molecule has 0 aliphatic rings. The molecule has 0 bridgehead atoms. The summed E-state index contributed by atoms with van der Waals surface area (Å²) in [6.45, 7) is 0. The van der Waals surface area contributed by atoms with Crippen LogP contribution in [0.1, 0.15) is 0 Å². The maximum absolute atomic E-state index is 5.20. The van der Waals surface area contributed by atoms with Gasteiger partial charge in [-0.25, -0.2) is 0 Å². The smallest absolute Gasteiger partial charge is 0.168 e. The number of hydrogen-bond acceptors (Lipinski definition) is 2. The first-order valence-electron chi connectivity index (χ1n) is 18.8. The Morgan fingerprint density at radius 2 is 0.855 bits per heavy atom. The molecule has 0 aliphatic carbocycles. The van der Waals surface area contributed by atoms with Crippen LogP contribution < -0.4 is 0 Å². The third-order valence-corrected chi connectivity index (χ3v) is 11.8. The lowest BCUT2D eigenvalue weighted by Crippen LogP contribution is -2.03. The summed E-state index contributed by atoms with van der Waals surface area (Å²) in [5.41, 5.74) is 11.3. The minimum absolute atomic E-state index is 0.827. The second-order valence-corrected chi connectivity index (χ2v) is 14.6. The largest absolute Gasteiger partial charge is 0.309 e. The fourth-order valence-corrected chi connectivity index (χ4v) is 9.62. The first-order valence-corrected chi connectivity index (χ1v) is 18.8. The van der Waals surface area contributed by atoms with Gasteiger partial charge in [-0.05, 0) is 48.5 Å². The molecule has 8 aromatic carbocycles. The van der Waals surface area contributed by atoms with E-state index in [0.29, 0.717) is 0 Å². The molecule has 0 unspecified atom stereocenters. The van der Waals surface area contributed by atoms with Gasteiger partial charge < -0.3 is 8.97 Å². The van der Waals surface area contributed by atoms with E-state index in [9.17, 15) is 0 Å². The molecule has 0 amide bonds. The molecule has 0 atom stereocenters. The van der Waals surface area contributed by atoms with Crippen LogP contribution in [0.3, 0.4) is 0 Å². The van der Waals surface area contributed by atoms with E-state index in [0.717, 1.165) is 50.1 Å². The van der Waals surface area contributed by atoms with Gasteiger partial charge in [0.15, 0.2) is 5.82 Å². The van der Waals surface area contributed by atoms with E-state index in [1.54, 1.807) is 0 Å². The average Bonchev–Trinajstić information content (AvgIpc) is 3.97. The van der Waals surface area contributed by atoms with Crippen LogP contribution in [-0.4, -0.2) is 23.7 Å². The zero-order valence-electron chi connectivity index (χ0n) is 29.5. The molecule has 0 saturated carbocycles. The fourth-order valence-electron chi connectivity index (χ4n) is 9.62. The van der Waals surface area contributed by atoms with Crippen molar-refractivity contribution >= 4 is 92.5 Å². The second kappa shape index (κ2) is 10.6. The molecule has 5 aromatic heterocycles. The molecular formula is C50H29N5. The Labute approximate surface area is 313 Å². The van der Waals surface area contributed by atoms with E-state index in [-0.39, 0.29) is 0 Å². The van der Waals surface area contributed by atoms with E-state index in [4.69, 9.17) is 10.2 Å². The number of benzene rings is 8. The topological polar surface area (TPSA) is 40.0 Å². The van der Waals surface area contributed by atoms with E-state index in [1.807, 2.05) is 0 Å². The summed E-state index contributed by atoms with van der Waals surface area (Å²) >= 11 is 0. The normalized spacial score (nSPS) is 12.4. The maximum Gasteiger partial charge on any atom is 0.168 e. The standard InChI is InChI=1S/C50H29N5/c1-2-14-31(15-3-1)53-41-22-10-6-16-32(41)35-27-26-30(28-45(35)53)47-36-19-4-5-20-37(36)50(52-51-47)55-43-24-12-8-18-34(43)40-29-39-33-17-7-11-23-42(33)54-44-25-13-9-21-38(44)46(48(39)54)49(40)55/h1-29H. The Morgan fingerprint density at radius 3 is 1.60 bits per heavy atom. The molecule has 5 heterocycles. The minimum atomic E-state index is 0.827. The highest BCUT2D eigenvalue weighted by molar-refractivity contribution is 6.34. The Balaban J connectivity index is 1.13. The van der Waals surface area contributed by atoms with Crippen molar-refractivity contribution in [3.8, 4) is 22.8 Å². The molecule has 5 heteroatoms. The molecular weight excluding hydrogens is 671 g/mol. The van der Waals surface area contributed by atoms with Crippen molar-refractivity contribution in [2.24, 2.45) is 0 Å². The van der Waals surface area contributed by atoms with Gasteiger partial charge in [0.25, 0.3) is 0 Å². The molecule has 0 spiro atoms. The van der Waals surface area contributed by atoms with Crippen molar-refractivity contribution in [1.29, 1.82) is 0 Å². The first-order chi connectivity index (χ1) is 27.3.